The first-order valence-electron chi connectivity index (χ1n) is 8.35. The summed E-state index contributed by atoms with van der Waals surface area (Å²) in [5, 5.41) is 2.90. The molecule has 0 aromatic rings. The van der Waals surface area contributed by atoms with Crippen molar-refractivity contribution < 1.29 is 9.53 Å². The summed E-state index contributed by atoms with van der Waals surface area (Å²) in [5.74, 6) is 0.815. The summed E-state index contributed by atoms with van der Waals surface area (Å²) in [4.78, 5) is 12.3. The number of amides is 1. The van der Waals surface area contributed by atoms with Gasteiger partial charge in [-0.25, -0.2) is 0 Å². The highest BCUT2D eigenvalue weighted by Gasteiger charge is 2.42. The lowest BCUT2D eigenvalue weighted by molar-refractivity contribution is -0.127. The molecule has 3 heteroatoms. The van der Waals surface area contributed by atoms with Gasteiger partial charge in [0, 0.05) is 12.5 Å². The van der Waals surface area contributed by atoms with E-state index < -0.39 is 0 Å². The standard InChI is InChI=1S/C18H31NO2/c1-5-7-8-9-10-11-12-16-17(14(3)15(4)21-16)18(20)19-13-6-2/h6,14,16-17H,2,4-5,7-13H2,1,3H3,(H,19,20)/t14-,16-,17?/m1/s1. The van der Waals surface area contributed by atoms with Crippen molar-refractivity contribution in [3.05, 3.63) is 25.0 Å². The first-order valence-corrected chi connectivity index (χ1v) is 8.35. The second-order valence-electron chi connectivity index (χ2n) is 6.03. The minimum atomic E-state index is -0.104. The lowest BCUT2D eigenvalue weighted by Gasteiger charge is -2.19. The largest absolute Gasteiger partial charge is 0.494 e. The normalized spacial score (nSPS) is 24.7. The molecule has 1 N–H and O–H groups in total. The zero-order chi connectivity index (χ0) is 15.7. The maximum atomic E-state index is 12.3. The summed E-state index contributed by atoms with van der Waals surface area (Å²) < 4.78 is 5.83. The third kappa shape index (κ3) is 5.56. The molecule has 1 unspecified atom stereocenters. The van der Waals surface area contributed by atoms with Crippen molar-refractivity contribution in [2.45, 2.75) is 64.9 Å². The Morgan fingerprint density at radius 1 is 1.29 bits per heavy atom. The highest BCUT2D eigenvalue weighted by atomic mass is 16.5. The number of allylic oxidation sites excluding steroid dienone is 1. The average Bonchev–Trinajstić information content (AvgIpc) is 2.75. The van der Waals surface area contributed by atoms with Crippen LogP contribution in [0.5, 0.6) is 0 Å². The fraction of sp³-hybridized carbons (Fsp3) is 0.722. The van der Waals surface area contributed by atoms with Gasteiger partial charge in [-0.1, -0.05) is 58.6 Å². The molecule has 1 aliphatic heterocycles. The molecule has 1 rings (SSSR count). The van der Waals surface area contributed by atoms with Crippen LogP contribution in [0.2, 0.25) is 0 Å². The maximum Gasteiger partial charge on any atom is 0.227 e. The van der Waals surface area contributed by atoms with Crippen LogP contribution < -0.4 is 5.32 Å². The molecular formula is C18H31NO2. The molecule has 1 heterocycles. The Balaban J connectivity index is 2.40. The first kappa shape index (κ1) is 17.8. The Morgan fingerprint density at radius 2 is 1.95 bits per heavy atom. The van der Waals surface area contributed by atoms with Gasteiger partial charge in [-0.2, -0.15) is 0 Å². The molecule has 21 heavy (non-hydrogen) atoms. The molecule has 0 aromatic heterocycles. The number of unbranched alkanes of at least 4 members (excludes halogenated alkanes) is 5. The Morgan fingerprint density at radius 3 is 2.62 bits per heavy atom. The summed E-state index contributed by atoms with van der Waals surface area (Å²) in [7, 11) is 0. The molecule has 1 aliphatic rings. The van der Waals surface area contributed by atoms with Crippen LogP contribution in [0.4, 0.5) is 0 Å². The Labute approximate surface area is 129 Å². The Hall–Kier alpha value is -1.25. The van der Waals surface area contributed by atoms with E-state index in [2.05, 4.69) is 25.4 Å². The van der Waals surface area contributed by atoms with Gasteiger partial charge in [0.2, 0.25) is 5.91 Å². The zero-order valence-corrected chi connectivity index (χ0v) is 13.7. The molecule has 1 saturated heterocycles. The number of rotatable bonds is 10. The zero-order valence-electron chi connectivity index (χ0n) is 13.7. The van der Waals surface area contributed by atoms with Crippen LogP contribution in [0, 0.1) is 11.8 Å². The summed E-state index contributed by atoms with van der Waals surface area (Å²) in [6.07, 6.45) is 10.2. The fourth-order valence-electron chi connectivity index (χ4n) is 2.95. The van der Waals surface area contributed by atoms with Crippen LogP contribution in [0.1, 0.15) is 58.8 Å². The van der Waals surface area contributed by atoms with E-state index in [1.165, 1.54) is 32.1 Å². The van der Waals surface area contributed by atoms with Gasteiger partial charge in [0.25, 0.3) is 0 Å². The molecule has 0 aromatic carbocycles. The van der Waals surface area contributed by atoms with E-state index in [-0.39, 0.29) is 23.8 Å². The number of nitrogens with one attached hydrogen (secondary N) is 1. The van der Waals surface area contributed by atoms with Crippen molar-refractivity contribution in [1.82, 2.24) is 5.32 Å². The van der Waals surface area contributed by atoms with Gasteiger partial charge in [-0.15, -0.1) is 6.58 Å². The summed E-state index contributed by atoms with van der Waals surface area (Å²) in [5.41, 5.74) is 0. The van der Waals surface area contributed by atoms with E-state index >= 15 is 0 Å². The molecule has 0 saturated carbocycles. The smallest absolute Gasteiger partial charge is 0.227 e. The van der Waals surface area contributed by atoms with Gasteiger partial charge in [-0.05, 0) is 12.8 Å². The monoisotopic (exact) mass is 293 g/mol. The number of hydrogen-bond acceptors (Lipinski definition) is 2. The summed E-state index contributed by atoms with van der Waals surface area (Å²) in [6, 6.07) is 0. The number of hydrogen-bond donors (Lipinski definition) is 1. The highest BCUT2D eigenvalue weighted by Crippen LogP contribution is 2.37. The minimum absolute atomic E-state index is 0.0107. The van der Waals surface area contributed by atoms with Crippen LogP contribution in [0.25, 0.3) is 0 Å². The quantitative estimate of drug-likeness (QED) is 0.484. The van der Waals surface area contributed by atoms with Gasteiger partial charge in [0.1, 0.15) is 6.10 Å². The Bertz CT molecular complexity index is 351. The number of ether oxygens (including phenoxy) is 1. The molecule has 120 valence electrons. The molecular weight excluding hydrogens is 262 g/mol. The molecule has 3 nitrogen and oxygen atoms in total. The predicted octanol–water partition coefficient (Wildman–Crippen LogP) is 4.20. The summed E-state index contributed by atoms with van der Waals surface area (Å²) >= 11 is 0. The van der Waals surface area contributed by atoms with Crippen LogP contribution in [0.15, 0.2) is 25.0 Å². The van der Waals surface area contributed by atoms with E-state index in [4.69, 9.17) is 4.74 Å². The lowest BCUT2D eigenvalue weighted by Crippen LogP contribution is -2.37. The van der Waals surface area contributed by atoms with Crippen LogP contribution in [0.3, 0.4) is 0 Å². The minimum Gasteiger partial charge on any atom is -0.494 e. The fourth-order valence-corrected chi connectivity index (χ4v) is 2.95. The number of carbonyl (C=O) groups is 1. The lowest BCUT2D eigenvalue weighted by atomic mass is 9.87. The first-order chi connectivity index (χ1) is 10.1. The van der Waals surface area contributed by atoms with E-state index in [9.17, 15) is 4.79 Å². The molecule has 0 aliphatic carbocycles. The van der Waals surface area contributed by atoms with Crippen molar-refractivity contribution in [3.63, 3.8) is 0 Å². The second-order valence-corrected chi connectivity index (χ2v) is 6.03. The molecule has 1 fully saturated rings. The molecule has 1 amide bonds. The van der Waals surface area contributed by atoms with Crippen LogP contribution in [-0.4, -0.2) is 18.6 Å². The topological polar surface area (TPSA) is 38.3 Å². The van der Waals surface area contributed by atoms with E-state index in [0.717, 1.165) is 18.6 Å². The van der Waals surface area contributed by atoms with Crippen molar-refractivity contribution >= 4 is 5.91 Å². The van der Waals surface area contributed by atoms with Crippen molar-refractivity contribution in [2.24, 2.45) is 11.8 Å². The van der Waals surface area contributed by atoms with Gasteiger partial charge < -0.3 is 10.1 Å². The van der Waals surface area contributed by atoms with Gasteiger partial charge in [-0.3, -0.25) is 4.79 Å². The molecule has 0 bridgehead atoms. The summed E-state index contributed by atoms with van der Waals surface area (Å²) in [6.45, 7) is 12.3. The van der Waals surface area contributed by atoms with Crippen LogP contribution in [-0.2, 0) is 9.53 Å². The SMILES string of the molecule is C=CCNC(=O)C1[C@H](C)C(=C)O[C@@H]1CCCCCCCC. The van der Waals surface area contributed by atoms with Gasteiger partial charge in [0.05, 0.1) is 11.7 Å². The molecule has 0 radical (unpaired) electrons. The number of carbonyl (C=O) groups excluding carboxylic acids is 1. The molecule has 0 spiro atoms. The van der Waals surface area contributed by atoms with E-state index in [1.54, 1.807) is 6.08 Å². The average molecular weight is 293 g/mol. The van der Waals surface area contributed by atoms with Crippen molar-refractivity contribution in [1.29, 1.82) is 0 Å². The predicted molar refractivity (Wildman–Crippen MR) is 87.9 cm³/mol. The Kier molecular flexibility index (Phi) is 8.17. The maximum absolute atomic E-state index is 12.3. The van der Waals surface area contributed by atoms with Crippen LogP contribution >= 0.6 is 0 Å². The van der Waals surface area contributed by atoms with Crippen molar-refractivity contribution in [3.8, 4) is 0 Å². The molecule has 3 atom stereocenters. The third-order valence-electron chi connectivity index (χ3n) is 4.32. The van der Waals surface area contributed by atoms with Gasteiger partial charge in [0.15, 0.2) is 0 Å². The van der Waals surface area contributed by atoms with Gasteiger partial charge >= 0.3 is 0 Å². The van der Waals surface area contributed by atoms with Crippen molar-refractivity contribution in [2.75, 3.05) is 6.54 Å². The third-order valence-corrected chi connectivity index (χ3v) is 4.32. The van der Waals surface area contributed by atoms with E-state index in [1.807, 2.05) is 6.92 Å². The second kappa shape index (κ2) is 9.64. The highest BCUT2D eigenvalue weighted by molar-refractivity contribution is 5.80. The van der Waals surface area contributed by atoms with E-state index in [0.29, 0.717) is 6.54 Å².